The van der Waals surface area contributed by atoms with Gasteiger partial charge in [0.2, 0.25) is 0 Å². The molecule has 0 N–H and O–H groups in total. The van der Waals surface area contributed by atoms with Crippen molar-refractivity contribution >= 4 is 23.2 Å². The highest BCUT2D eigenvalue weighted by molar-refractivity contribution is 6.32. The molecule has 5 nitrogen and oxygen atoms in total. The van der Waals surface area contributed by atoms with Gasteiger partial charge in [-0.15, -0.1) is 0 Å². The molecule has 0 spiro atoms. The van der Waals surface area contributed by atoms with Crippen LogP contribution < -0.4 is 10.6 Å². The summed E-state index contributed by atoms with van der Waals surface area (Å²) < 4.78 is 53.0. The summed E-state index contributed by atoms with van der Waals surface area (Å²) in [6, 6.07) is 10.1. The maximum atomic E-state index is 13.5. The van der Waals surface area contributed by atoms with Crippen molar-refractivity contribution in [3.05, 3.63) is 86.8 Å². The number of anilines is 1. The molecular formula is C20H14ClF4N3O2. The van der Waals surface area contributed by atoms with Crippen LogP contribution in [0.15, 0.2) is 53.3 Å². The van der Waals surface area contributed by atoms with E-state index in [1.165, 1.54) is 61.3 Å². The van der Waals surface area contributed by atoms with Crippen molar-refractivity contribution in [2.75, 3.05) is 11.9 Å². The first-order chi connectivity index (χ1) is 14.0. The number of hydrogen-bond donors (Lipinski definition) is 0. The number of halogens is 5. The largest absolute Gasteiger partial charge is 0.433 e. The van der Waals surface area contributed by atoms with Gasteiger partial charge < -0.3 is 4.90 Å². The zero-order valence-corrected chi connectivity index (χ0v) is 16.4. The van der Waals surface area contributed by atoms with Gasteiger partial charge in [-0.25, -0.2) is 9.18 Å². The predicted molar refractivity (Wildman–Crippen MR) is 104 cm³/mol. The summed E-state index contributed by atoms with van der Waals surface area (Å²) in [6.45, 7) is 1.29. The van der Waals surface area contributed by atoms with E-state index in [2.05, 4.69) is 4.98 Å². The van der Waals surface area contributed by atoms with Crippen molar-refractivity contribution < 1.29 is 22.4 Å². The van der Waals surface area contributed by atoms with Gasteiger partial charge in [-0.3, -0.25) is 9.36 Å². The molecule has 0 bridgehead atoms. The zero-order valence-electron chi connectivity index (χ0n) is 15.7. The minimum Gasteiger partial charge on any atom is -0.311 e. The fraction of sp³-hybridized carbons (Fsp3) is 0.150. The molecule has 0 radical (unpaired) electrons. The van der Waals surface area contributed by atoms with Crippen LogP contribution in [0.1, 0.15) is 21.7 Å². The molecule has 10 heteroatoms. The van der Waals surface area contributed by atoms with Gasteiger partial charge >= 0.3 is 11.9 Å². The smallest absolute Gasteiger partial charge is 0.311 e. The van der Waals surface area contributed by atoms with Crippen molar-refractivity contribution in [2.45, 2.75) is 13.1 Å². The molecule has 0 atom stereocenters. The summed E-state index contributed by atoms with van der Waals surface area (Å²) in [6.07, 6.45) is -4.78. The Hall–Kier alpha value is -3.20. The van der Waals surface area contributed by atoms with E-state index in [1.54, 1.807) is 0 Å². The van der Waals surface area contributed by atoms with Crippen LogP contribution >= 0.6 is 11.6 Å². The van der Waals surface area contributed by atoms with Crippen LogP contribution in [0.2, 0.25) is 5.02 Å². The lowest BCUT2D eigenvalue weighted by Gasteiger charge is -2.19. The first-order valence-electron chi connectivity index (χ1n) is 8.50. The molecule has 1 heterocycles. The van der Waals surface area contributed by atoms with E-state index < -0.39 is 29.3 Å². The Morgan fingerprint density at radius 1 is 1.13 bits per heavy atom. The summed E-state index contributed by atoms with van der Waals surface area (Å²) in [7, 11) is 1.43. The van der Waals surface area contributed by atoms with Crippen molar-refractivity contribution in [3.63, 3.8) is 0 Å². The molecule has 0 fully saturated rings. The number of alkyl halides is 3. The highest BCUT2D eigenvalue weighted by atomic mass is 35.5. The van der Waals surface area contributed by atoms with E-state index in [-0.39, 0.29) is 22.0 Å². The van der Waals surface area contributed by atoms with Crippen LogP contribution in [0.25, 0.3) is 5.69 Å². The van der Waals surface area contributed by atoms with Crippen LogP contribution in [0.3, 0.4) is 0 Å². The molecule has 0 saturated heterocycles. The van der Waals surface area contributed by atoms with Gasteiger partial charge in [0, 0.05) is 24.0 Å². The molecule has 2 aromatic carbocycles. The van der Waals surface area contributed by atoms with Gasteiger partial charge in [0.1, 0.15) is 5.82 Å². The van der Waals surface area contributed by atoms with Gasteiger partial charge in [-0.2, -0.15) is 18.2 Å². The minimum atomic E-state index is -4.78. The molecule has 0 aliphatic heterocycles. The lowest BCUT2D eigenvalue weighted by molar-refractivity contribution is -0.141. The molecule has 1 amide bonds. The Labute approximate surface area is 173 Å². The van der Waals surface area contributed by atoms with E-state index in [4.69, 9.17) is 11.6 Å². The Balaban J connectivity index is 2.07. The quantitative estimate of drug-likeness (QED) is 0.559. The molecule has 0 unspecified atom stereocenters. The number of amides is 1. The standard InChI is InChI=1S/C20H14ClF4N3O2/c1-11-8-17(20(23,24)25)26-19(30)28(11)16-9-12(6-7-15(16)21)18(29)27(2)14-5-3-4-13(22)10-14/h3-10H,1-2H3. The second kappa shape index (κ2) is 7.91. The number of carbonyl (C=O) groups excluding carboxylic acids is 1. The third-order valence-electron chi connectivity index (χ3n) is 4.33. The van der Waals surface area contributed by atoms with Gasteiger partial charge in [-0.05, 0) is 49.4 Å². The minimum absolute atomic E-state index is 0.00103. The van der Waals surface area contributed by atoms with Crippen LogP contribution in [0, 0.1) is 12.7 Å². The van der Waals surface area contributed by atoms with Gasteiger partial charge in [0.15, 0.2) is 5.69 Å². The Morgan fingerprint density at radius 2 is 1.83 bits per heavy atom. The third-order valence-corrected chi connectivity index (χ3v) is 4.65. The Morgan fingerprint density at radius 3 is 2.43 bits per heavy atom. The lowest BCUT2D eigenvalue weighted by Crippen LogP contribution is -2.29. The maximum absolute atomic E-state index is 13.5. The van der Waals surface area contributed by atoms with Crippen molar-refractivity contribution in [3.8, 4) is 5.69 Å². The number of hydrogen-bond acceptors (Lipinski definition) is 3. The van der Waals surface area contributed by atoms with Gasteiger partial charge in [-0.1, -0.05) is 17.7 Å². The van der Waals surface area contributed by atoms with Crippen molar-refractivity contribution in [1.29, 1.82) is 0 Å². The van der Waals surface area contributed by atoms with E-state index in [0.29, 0.717) is 11.8 Å². The second-order valence-electron chi connectivity index (χ2n) is 6.41. The summed E-state index contributed by atoms with van der Waals surface area (Å²) in [5.41, 5.74) is -2.19. The molecule has 0 saturated carbocycles. The van der Waals surface area contributed by atoms with E-state index >= 15 is 0 Å². The molecule has 1 aromatic heterocycles. The average molecular weight is 440 g/mol. The predicted octanol–water partition coefficient (Wildman–Crippen LogP) is 4.63. The number of benzene rings is 2. The number of aryl methyl sites for hydroxylation is 1. The first-order valence-corrected chi connectivity index (χ1v) is 8.88. The molecule has 156 valence electrons. The average Bonchev–Trinajstić information content (AvgIpc) is 2.67. The topological polar surface area (TPSA) is 55.2 Å². The highest BCUT2D eigenvalue weighted by Crippen LogP contribution is 2.29. The number of carbonyl (C=O) groups is 1. The van der Waals surface area contributed by atoms with Crippen molar-refractivity contribution in [2.24, 2.45) is 0 Å². The first kappa shape index (κ1) is 21.5. The molecule has 0 aliphatic carbocycles. The molecule has 3 aromatic rings. The fourth-order valence-corrected chi connectivity index (χ4v) is 3.05. The van der Waals surface area contributed by atoms with Crippen LogP contribution in [-0.4, -0.2) is 22.5 Å². The summed E-state index contributed by atoms with van der Waals surface area (Å²) in [5.74, 6) is -1.06. The van der Waals surface area contributed by atoms with Crippen molar-refractivity contribution in [1.82, 2.24) is 9.55 Å². The third kappa shape index (κ3) is 4.20. The molecule has 0 aliphatic rings. The molecule has 3 rings (SSSR count). The maximum Gasteiger partial charge on any atom is 0.433 e. The normalized spacial score (nSPS) is 11.4. The van der Waals surface area contributed by atoms with E-state index in [9.17, 15) is 27.2 Å². The fourth-order valence-electron chi connectivity index (χ4n) is 2.85. The summed E-state index contributed by atoms with van der Waals surface area (Å²) in [5, 5.41) is 0.0340. The highest BCUT2D eigenvalue weighted by Gasteiger charge is 2.34. The van der Waals surface area contributed by atoms with Crippen LogP contribution in [0.4, 0.5) is 23.2 Å². The lowest BCUT2D eigenvalue weighted by atomic mass is 10.1. The van der Waals surface area contributed by atoms with Gasteiger partial charge in [0.25, 0.3) is 5.91 Å². The van der Waals surface area contributed by atoms with Crippen LogP contribution in [-0.2, 0) is 6.18 Å². The SMILES string of the molecule is Cc1cc(C(F)(F)F)nc(=O)n1-c1cc(C(=O)N(C)c2cccc(F)c2)ccc1Cl. The summed E-state index contributed by atoms with van der Waals surface area (Å²) >= 11 is 6.14. The molecular weight excluding hydrogens is 426 g/mol. The monoisotopic (exact) mass is 439 g/mol. The van der Waals surface area contributed by atoms with Crippen LogP contribution in [0.5, 0.6) is 0 Å². The number of rotatable bonds is 3. The zero-order chi connectivity index (χ0) is 22.2. The van der Waals surface area contributed by atoms with Gasteiger partial charge in [0.05, 0.1) is 10.7 Å². The Kier molecular flexibility index (Phi) is 5.67. The Bertz CT molecular complexity index is 1190. The number of aromatic nitrogens is 2. The molecule has 30 heavy (non-hydrogen) atoms. The summed E-state index contributed by atoms with van der Waals surface area (Å²) in [4.78, 5) is 29.4. The van der Waals surface area contributed by atoms with E-state index in [1.807, 2.05) is 0 Å². The van der Waals surface area contributed by atoms with E-state index in [0.717, 1.165) is 4.57 Å². The number of nitrogens with zero attached hydrogens (tertiary/aromatic N) is 3. The second-order valence-corrected chi connectivity index (χ2v) is 6.82.